The molecule has 2 fully saturated rings. The second kappa shape index (κ2) is 7.66. The minimum atomic E-state index is -1.17. The molecule has 0 unspecified atom stereocenters. The summed E-state index contributed by atoms with van der Waals surface area (Å²) in [6.07, 6.45) is 1.91. The Labute approximate surface area is 190 Å². The summed E-state index contributed by atoms with van der Waals surface area (Å²) in [4.78, 5) is 50.8. The topological polar surface area (TPSA) is 133 Å². The average molecular weight is 406 g/mol. The molecule has 146 valence electrons. The third kappa shape index (κ3) is 3.25. The van der Waals surface area contributed by atoms with E-state index in [4.69, 9.17) is 5.73 Å². The number of allylic oxidation sites excluding steroid dienone is 2. The van der Waals surface area contributed by atoms with E-state index in [0.717, 1.165) is 0 Å². The molecule has 4 rings (SSSR count). The molecule has 3 atom stereocenters. The largest absolute Gasteiger partial charge is 1.00 e. The van der Waals surface area contributed by atoms with Crippen molar-refractivity contribution < 1.29 is 55.3 Å². The summed E-state index contributed by atoms with van der Waals surface area (Å²) >= 11 is 0. The molecule has 3 aliphatic heterocycles. The number of carboxylic acids is 1. The van der Waals surface area contributed by atoms with E-state index in [9.17, 15) is 24.3 Å². The van der Waals surface area contributed by atoms with Crippen LogP contribution in [-0.4, -0.2) is 57.3 Å². The quantitative estimate of drug-likeness (QED) is 0.388. The summed E-state index contributed by atoms with van der Waals surface area (Å²) in [5.41, 5.74) is 6.44. The standard InChI is InChI=1S/C19H18N4O5.Na.H/c1-2-9-7-11-8-22(15-13(11)23(17(15)25)14(9)18(26)27)19(28)21-12-5-3-10(4-6-12)16(20)24;;/h2-6,11,13,15H,1,7-8H2,(H2,20,24)(H,21,28)(H,26,27);;/q;+1;-1/t11-,13-,15+;;/m1../s1. The van der Waals surface area contributed by atoms with E-state index < -0.39 is 29.9 Å². The number of hydrogen-bond donors (Lipinski definition) is 3. The Hall–Kier alpha value is -2.62. The van der Waals surface area contributed by atoms with Crippen LogP contribution in [0.15, 0.2) is 48.2 Å². The molecule has 10 heteroatoms. The maximum atomic E-state index is 12.7. The zero-order valence-electron chi connectivity index (χ0n) is 16.8. The number of nitrogens with zero attached hydrogens (tertiary/aromatic N) is 2. The maximum absolute atomic E-state index is 12.7. The van der Waals surface area contributed by atoms with Gasteiger partial charge in [0.05, 0.1) is 6.04 Å². The van der Waals surface area contributed by atoms with Crippen molar-refractivity contribution in [2.75, 3.05) is 11.9 Å². The molecule has 1 aromatic rings. The Balaban J connectivity index is 0.00000160. The molecule has 4 N–H and O–H groups in total. The van der Waals surface area contributed by atoms with Crippen molar-refractivity contribution in [1.29, 1.82) is 0 Å². The number of amides is 4. The fourth-order valence-corrected chi connectivity index (χ4v) is 4.28. The molecule has 1 aromatic carbocycles. The van der Waals surface area contributed by atoms with Gasteiger partial charge in [0, 0.05) is 23.7 Å². The van der Waals surface area contributed by atoms with Crippen LogP contribution in [0.2, 0.25) is 0 Å². The predicted octanol–water partition coefficient (Wildman–Crippen LogP) is -2.13. The molecule has 0 radical (unpaired) electrons. The van der Waals surface area contributed by atoms with Gasteiger partial charge in [-0.1, -0.05) is 12.7 Å². The van der Waals surface area contributed by atoms with Gasteiger partial charge in [0.2, 0.25) is 5.91 Å². The number of likely N-dealkylation sites (tertiary alicyclic amines) is 1. The van der Waals surface area contributed by atoms with Gasteiger partial charge in [-0.15, -0.1) is 0 Å². The number of rotatable bonds is 4. The van der Waals surface area contributed by atoms with Crippen molar-refractivity contribution in [2.24, 2.45) is 11.7 Å². The van der Waals surface area contributed by atoms with Gasteiger partial charge in [0.25, 0.3) is 5.91 Å². The first kappa shape index (κ1) is 21.1. The summed E-state index contributed by atoms with van der Waals surface area (Å²) < 4.78 is 0. The number of urea groups is 1. The fourth-order valence-electron chi connectivity index (χ4n) is 4.28. The van der Waals surface area contributed by atoms with Crippen molar-refractivity contribution >= 4 is 29.5 Å². The molecule has 9 nitrogen and oxygen atoms in total. The zero-order chi connectivity index (χ0) is 20.2. The van der Waals surface area contributed by atoms with Gasteiger partial charge in [-0.3, -0.25) is 14.5 Å². The third-order valence-corrected chi connectivity index (χ3v) is 5.52. The molecule has 29 heavy (non-hydrogen) atoms. The van der Waals surface area contributed by atoms with Crippen molar-refractivity contribution in [3.63, 3.8) is 0 Å². The number of carbonyl (C=O) groups is 4. The number of nitrogens with one attached hydrogen (secondary N) is 1. The molecule has 3 aliphatic rings. The van der Waals surface area contributed by atoms with E-state index in [0.29, 0.717) is 29.8 Å². The summed E-state index contributed by atoms with van der Waals surface area (Å²) in [6.45, 7) is 3.99. The number of anilines is 1. The Kier molecular flexibility index (Phi) is 5.57. The Morgan fingerprint density at radius 3 is 2.48 bits per heavy atom. The minimum Gasteiger partial charge on any atom is -1.00 e. The van der Waals surface area contributed by atoms with E-state index in [1.807, 2.05) is 0 Å². The van der Waals surface area contributed by atoms with Crippen LogP contribution in [0, 0.1) is 5.92 Å². The van der Waals surface area contributed by atoms with E-state index >= 15 is 0 Å². The van der Waals surface area contributed by atoms with Crippen molar-refractivity contribution in [3.05, 3.63) is 53.8 Å². The number of carboxylic acid groups (broad SMARTS) is 1. The summed E-state index contributed by atoms with van der Waals surface area (Å²) in [5.74, 6) is -2.18. The number of nitrogens with two attached hydrogens (primary N) is 1. The van der Waals surface area contributed by atoms with Crippen LogP contribution >= 0.6 is 0 Å². The Morgan fingerprint density at radius 2 is 1.93 bits per heavy atom. The molecule has 0 bridgehead atoms. The normalized spacial score (nSPS) is 24.3. The van der Waals surface area contributed by atoms with Gasteiger partial charge >= 0.3 is 41.6 Å². The van der Waals surface area contributed by atoms with Crippen LogP contribution in [-0.2, 0) is 9.59 Å². The van der Waals surface area contributed by atoms with Crippen LogP contribution < -0.4 is 40.6 Å². The molecule has 4 amide bonds. The summed E-state index contributed by atoms with van der Waals surface area (Å²) in [7, 11) is 0. The molecule has 0 saturated carbocycles. The SMILES string of the molecule is C=CC1=C(C(=O)O)N2C(=O)[C@@H]3[C@H]2[C@H](C1)CN3C(=O)Nc1ccc(C(N)=O)cc1.[H-].[Na+]. The third-order valence-electron chi connectivity index (χ3n) is 5.52. The molecule has 0 aliphatic carbocycles. The molecular formula is C19H19N4NaO5. The molecule has 2 saturated heterocycles. The number of aliphatic carboxylic acids is 1. The number of carbonyl (C=O) groups excluding carboxylic acids is 3. The van der Waals surface area contributed by atoms with Gasteiger partial charge in [0.1, 0.15) is 11.7 Å². The molecule has 3 heterocycles. The van der Waals surface area contributed by atoms with Gasteiger partial charge in [-0.2, -0.15) is 0 Å². The van der Waals surface area contributed by atoms with Crippen LogP contribution in [0.5, 0.6) is 0 Å². The first-order chi connectivity index (χ1) is 13.3. The van der Waals surface area contributed by atoms with Gasteiger partial charge in [0.15, 0.2) is 0 Å². The van der Waals surface area contributed by atoms with Crippen LogP contribution in [0.25, 0.3) is 0 Å². The summed E-state index contributed by atoms with van der Waals surface area (Å²) in [6, 6.07) is 4.65. The monoisotopic (exact) mass is 406 g/mol. The van der Waals surface area contributed by atoms with Crippen molar-refractivity contribution in [3.8, 4) is 0 Å². The van der Waals surface area contributed by atoms with Crippen molar-refractivity contribution in [1.82, 2.24) is 9.80 Å². The van der Waals surface area contributed by atoms with Crippen LogP contribution in [0.3, 0.4) is 0 Å². The fraction of sp³-hybridized carbons (Fsp3) is 0.263. The van der Waals surface area contributed by atoms with E-state index in [1.54, 1.807) is 12.1 Å². The zero-order valence-corrected chi connectivity index (χ0v) is 17.8. The van der Waals surface area contributed by atoms with Gasteiger partial charge in [-0.25, -0.2) is 9.59 Å². The van der Waals surface area contributed by atoms with Gasteiger partial charge in [-0.05, 0) is 36.3 Å². The summed E-state index contributed by atoms with van der Waals surface area (Å²) in [5, 5.41) is 12.2. The molecule has 0 spiro atoms. The minimum absolute atomic E-state index is 0. The van der Waals surface area contributed by atoms with E-state index in [-0.39, 0.29) is 48.6 Å². The van der Waals surface area contributed by atoms with E-state index in [1.165, 1.54) is 28.0 Å². The molecule has 0 aromatic heterocycles. The van der Waals surface area contributed by atoms with Gasteiger partial charge < -0.3 is 22.5 Å². The first-order valence-electron chi connectivity index (χ1n) is 8.73. The Morgan fingerprint density at radius 1 is 1.28 bits per heavy atom. The Bertz CT molecular complexity index is 964. The van der Waals surface area contributed by atoms with Crippen LogP contribution in [0.4, 0.5) is 10.5 Å². The number of β-lactam (4-membered cyclic amide) rings is 1. The predicted molar refractivity (Wildman–Crippen MR) is 99.2 cm³/mol. The maximum Gasteiger partial charge on any atom is 1.00 e. The number of primary amides is 1. The smallest absolute Gasteiger partial charge is 1.00 e. The van der Waals surface area contributed by atoms with Crippen LogP contribution in [0.1, 0.15) is 18.2 Å². The average Bonchev–Trinajstić information content (AvgIpc) is 3.03. The molecular weight excluding hydrogens is 387 g/mol. The first-order valence-corrected chi connectivity index (χ1v) is 8.73. The van der Waals surface area contributed by atoms with Crippen molar-refractivity contribution in [2.45, 2.75) is 18.5 Å². The second-order valence-corrected chi connectivity index (χ2v) is 7.02. The van der Waals surface area contributed by atoms with E-state index in [2.05, 4.69) is 11.9 Å². The number of benzene rings is 1. The number of hydrogen-bond acceptors (Lipinski definition) is 4. The second-order valence-electron chi connectivity index (χ2n) is 7.02.